The minimum absolute atomic E-state index is 0.0381. The minimum Gasteiger partial charge on any atom is -0.464 e. The highest BCUT2D eigenvalue weighted by molar-refractivity contribution is 14.1. The molecule has 2 aromatic heterocycles. The monoisotopic (exact) mass is 633 g/mol. The molecule has 2 heterocycles. The molecule has 0 saturated carbocycles. The van der Waals surface area contributed by atoms with E-state index in [1.165, 1.54) is 0 Å². The number of hydrogen-bond acceptors (Lipinski definition) is 7. The number of aryl methyl sites for hydroxylation is 1. The molecular weight excluding hydrogens is 608 g/mol. The normalized spacial score (nSPS) is 11.4. The number of halogens is 3. The molecule has 0 spiro atoms. The summed E-state index contributed by atoms with van der Waals surface area (Å²) < 4.78 is 12.9. The van der Waals surface area contributed by atoms with Gasteiger partial charge in [-0.2, -0.15) is 4.98 Å². The van der Waals surface area contributed by atoms with Crippen molar-refractivity contribution >= 4 is 69.5 Å². The van der Waals surface area contributed by atoms with Gasteiger partial charge in [-0.15, -0.1) is 0 Å². The summed E-state index contributed by atoms with van der Waals surface area (Å²) in [6.07, 6.45) is 1.16. The van der Waals surface area contributed by atoms with E-state index >= 15 is 0 Å². The first-order valence-corrected chi connectivity index (χ1v) is 13.0. The van der Waals surface area contributed by atoms with Crippen LogP contribution in [0, 0.1) is 6.92 Å². The van der Waals surface area contributed by atoms with Gasteiger partial charge in [-0.05, 0) is 45.9 Å². The molecule has 0 atom stereocenters. The van der Waals surface area contributed by atoms with Gasteiger partial charge in [0, 0.05) is 26.3 Å². The van der Waals surface area contributed by atoms with Crippen LogP contribution in [0.4, 0.5) is 10.6 Å². The Balaban J connectivity index is 2.02. The second-order valence-electron chi connectivity index (χ2n) is 8.56. The number of imidazole rings is 1. The Bertz CT molecular complexity index is 1240. The number of carbonyl (C=O) groups is 2. The average Bonchev–Trinajstić information content (AvgIpc) is 3.16. The molecule has 0 fully saturated rings. The van der Waals surface area contributed by atoms with Crippen molar-refractivity contribution < 1.29 is 19.1 Å². The van der Waals surface area contributed by atoms with Crippen LogP contribution in [-0.2, 0) is 20.8 Å². The second kappa shape index (κ2) is 11.6. The summed E-state index contributed by atoms with van der Waals surface area (Å²) in [4.78, 5) is 33.3. The molecule has 188 valence electrons. The van der Waals surface area contributed by atoms with Crippen molar-refractivity contribution in [3.63, 3.8) is 0 Å². The van der Waals surface area contributed by atoms with Crippen molar-refractivity contribution in [2.24, 2.45) is 0 Å². The number of aromatic nitrogens is 3. The van der Waals surface area contributed by atoms with Crippen LogP contribution in [0.5, 0.6) is 0 Å². The predicted octanol–water partition coefficient (Wildman–Crippen LogP) is 5.43. The van der Waals surface area contributed by atoms with Crippen LogP contribution >= 0.6 is 45.8 Å². The lowest BCUT2D eigenvalue weighted by molar-refractivity contribution is -0.140. The number of esters is 1. The van der Waals surface area contributed by atoms with Crippen LogP contribution < -0.4 is 10.6 Å². The fourth-order valence-electron chi connectivity index (χ4n) is 3.26. The molecule has 0 unspecified atom stereocenters. The molecule has 3 rings (SSSR count). The largest absolute Gasteiger partial charge is 0.464 e. The zero-order valence-corrected chi connectivity index (χ0v) is 23.4. The number of carbonyl (C=O) groups excluding carboxylic acids is 2. The molecule has 1 amide bonds. The predicted molar refractivity (Wildman–Crippen MR) is 145 cm³/mol. The molecule has 0 aliphatic heterocycles. The van der Waals surface area contributed by atoms with Gasteiger partial charge < -0.3 is 20.1 Å². The molecule has 0 aliphatic carbocycles. The number of hydrogen-bond donors (Lipinski definition) is 2. The topological polar surface area (TPSA) is 107 Å². The Morgan fingerprint density at radius 1 is 1.20 bits per heavy atom. The third-order valence-corrected chi connectivity index (χ3v) is 5.66. The quantitative estimate of drug-likeness (QED) is 0.194. The zero-order valence-electron chi connectivity index (χ0n) is 19.7. The lowest BCUT2D eigenvalue weighted by atomic mass is 10.0. The van der Waals surface area contributed by atoms with Gasteiger partial charge in [0.25, 0.3) is 0 Å². The molecule has 35 heavy (non-hydrogen) atoms. The van der Waals surface area contributed by atoms with E-state index in [9.17, 15) is 9.59 Å². The number of nitrogens with zero attached hydrogens (tertiary/aromatic N) is 3. The lowest BCUT2D eigenvalue weighted by Crippen LogP contribution is -2.32. The number of alkyl carbamates (subject to hydrolysis) is 1. The number of anilines is 1. The summed E-state index contributed by atoms with van der Waals surface area (Å²) in [7, 11) is 0. The maximum absolute atomic E-state index is 12.3. The highest BCUT2D eigenvalue weighted by atomic mass is 127. The Labute approximate surface area is 227 Å². The van der Waals surface area contributed by atoms with Crippen molar-refractivity contribution in [2.45, 2.75) is 39.8 Å². The summed E-state index contributed by atoms with van der Waals surface area (Å²) in [5, 5.41) is 6.67. The van der Waals surface area contributed by atoms with Gasteiger partial charge in [-0.25, -0.2) is 9.78 Å². The Kier molecular flexibility index (Phi) is 9.05. The third-order valence-electron chi connectivity index (χ3n) is 4.67. The summed E-state index contributed by atoms with van der Waals surface area (Å²) in [6, 6.07) is 5.17. The summed E-state index contributed by atoms with van der Waals surface area (Å²) in [6.45, 7) is 7.65. The number of fused-ring (bicyclic) bond motifs is 1. The first-order chi connectivity index (χ1) is 16.5. The highest BCUT2D eigenvalue weighted by Crippen LogP contribution is 2.34. The van der Waals surface area contributed by atoms with E-state index in [0.29, 0.717) is 49.6 Å². The van der Waals surface area contributed by atoms with Crippen molar-refractivity contribution in [2.75, 3.05) is 22.9 Å². The van der Waals surface area contributed by atoms with Crippen LogP contribution in [0.2, 0.25) is 10.0 Å². The molecule has 12 heteroatoms. The van der Waals surface area contributed by atoms with Gasteiger partial charge in [0.05, 0.1) is 23.5 Å². The van der Waals surface area contributed by atoms with Crippen LogP contribution in [0.15, 0.2) is 24.4 Å². The van der Waals surface area contributed by atoms with E-state index in [4.69, 9.17) is 32.7 Å². The molecule has 0 saturated heterocycles. The Hall–Kier alpha value is -2.31. The summed E-state index contributed by atoms with van der Waals surface area (Å²) in [5.74, 6) is 0.450. The van der Waals surface area contributed by atoms with Gasteiger partial charge in [-0.1, -0.05) is 45.8 Å². The zero-order chi connectivity index (χ0) is 25.8. The molecule has 3 aromatic rings. The van der Waals surface area contributed by atoms with E-state index < -0.39 is 11.7 Å². The molecule has 0 aliphatic rings. The first kappa shape index (κ1) is 27.3. The molecular formula is C23H26Cl2IN5O4. The molecule has 0 radical (unpaired) electrons. The van der Waals surface area contributed by atoms with Gasteiger partial charge in [0.1, 0.15) is 24.6 Å². The van der Waals surface area contributed by atoms with Gasteiger partial charge in [0.15, 0.2) is 0 Å². The van der Waals surface area contributed by atoms with Gasteiger partial charge in [-0.3, -0.25) is 9.20 Å². The number of amides is 1. The van der Waals surface area contributed by atoms with Crippen LogP contribution in [0.1, 0.15) is 32.0 Å². The smallest absolute Gasteiger partial charge is 0.407 e. The van der Waals surface area contributed by atoms with Crippen molar-refractivity contribution in [3.05, 3.63) is 45.7 Å². The summed E-state index contributed by atoms with van der Waals surface area (Å²) >= 11 is 14.8. The van der Waals surface area contributed by atoms with E-state index in [-0.39, 0.29) is 19.1 Å². The minimum atomic E-state index is -0.633. The van der Waals surface area contributed by atoms with E-state index in [1.54, 1.807) is 49.6 Å². The van der Waals surface area contributed by atoms with Crippen molar-refractivity contribution in [3.8, 4) is 11.3 Å². The average molecular weight is 634 g/mol. The molecule has 9 nitrogen and oxygen atoms in total. The Morgan fingerprint density at radius 2 is 1.94 bits per heavy atom. The van der Waals surface area contributed by atoms with Crippen molar-refractivity contribution in [1.82, 2.24) is 19.7 Å². The van der Waals surface area contributed by atoms with E-state index in [0.717, 1.165) is 5.56 Å². The van der Waals surface area contributed by atoms with E-state index in [1.807, 2.05) is 6.92 Å². The Morgan fingerprint density at radius 3 is 2.60 bits per heavy atom. The number of rotatable bonds is 8. The maximum Gasteiger partial charge on any atom is 0.407 e. The molecule has 1 aromatic carbocycles. The number of ether oxygens (including phenoxy) is 2. The maximum atomic E-state index is 12.3. The van der Waals surface area contributed by atoms with Crippen molar-refractivity contribution in [1.29, 1.82) is 0 Å². The van der Waals surface area contributed by atoms with E-state index in [2.05, 4.69) is 43.2 Å². The standard InChI is InChI=1S/C23H26Cl2IN5O4/c1-13-16(10-28-22(33)35-23(2,3)4)20(15-6-5-14(24)9-17(15)25)31-12-18(30-21(31)29-13)27-11-19(32)34-8-7-26/h5-6,9,12,27H,7-8,10-11H2,1-4H3,(H,28,33). The first-order valence-electron chi connectivity index (χ1n) is 10.7. The summed E-state index contributed by atoms with van der Waals surface area (Å²) in [5.41, 5.74) is 2.09. The van der Waals surface area contributed by atoms with Crippen LogP contribution in [-0.4, -0.2) is 49.6 Å². The fraction of sp³-hybridized carbons (Fsp3) is 0.391. The fourth-order valence-corrected chi connectivity index (χ4v) is 3.98. The molecule has 0 bridgehead atoms. The van der Waals surface area contributed by atoms with Crippen LogP contribution in [0.3, 0.4) is 0 Å². The lowest BCUT2D eigenvalue weighted by Gasteiger charge is -2.21. The third kappa shape index (κ3) is 7.34. The van der Waals surface area contributed by atoms with Gasteiger partial charge >= 0.3 is 12.1 Å². The number of nitrogens with one attached hydrogen (secondary N) is 2. The number of benzene rings is 1. The number of alkyl halides is 1. The SMILES string of the molecule is Cc1nc2nc(NCC(=O)OCCI)cn2c(-c2ccc(Cl)cc2Cl)c1CNC(=O)OC(C)(C)C. The van der Waals surface area contributed by atoms with Gasteiger partial charge in [0.2, 0.25) is 5.78 Å². The second-order valence-corrected chi connectivity index (χ2v) is 10.5. The van der Waals surface area contributed by atoms with Crippen LogP contribution in [0.25, 0.3) is 17.0 Å². The molecule has 2 N–H and O–H groups in total. The highest BCUT2D eigenvalue weighted by Gasteiger charge is 2.21.